The number of anilines is 2. The van der Waals surface area contributed by atoms with Crippen LogP contribution in [0.3, 0.4) is 0 Å². The second-order valence-corrected chi connectivity index (χ2v) is 10.2. The van der Waals surface area contributed by atoms with Crippen molar-refractivity contribution in [2.75, 3.05) is 50.0 Å². The summed E-state index contributed by atoms with van der Waals surface area (Å²) < 4.78 is 40.1. The molecule has 0 saturated carbocycles. The molecule has 0 radical (unpaired) electrons. The molecule has 8 heteroatoms. The average molecular weight is 468 g/mol. The van der Waals surface area contributed by atoms with Crippen molar-refractivity contribution in [2.24, 2.45) is 0 Å². The van der Waals surface area contributed by atoms with Gasteiger partial charge in [-0.2, -0.15) is 0 Å². The fourth-order valence-electron chi connectivity index (χ4n) is 5.09. The molecule has 1 unspecified atom stereocenters. The Morgan fingerprint density at radius 1 is 0.909 bits per heavy atom. The molecule has 7 nitrogen and oxygen atoms in total. The zero-order chi connectivity index (χ0) is 23.0. The van der Waals surface area contributed by atoms with Crippen LogP contribution in [0.15, 0.2) is 59.5 Å². The van der Waals surface area contributed by atoms with Gasteiger partial charge in [0, 0.05) is 48.2 Å². The van der Waals surface area contributed by atoms with Crippen LogP contribution in [0, 0.1) is 0 Å². The van der Waals surface area contributed by atoms with Crippen molar-refractivity contribution < 1.29 is 17.9 Å². The van der Waals surface area contributed by atoms with Gasteiger partial charge in [-0.3, -0.25) is 9.62 Å². The first kappa shape index (κ1) is 21.9. The molecule has 2 heterocycles. The molecule has 2 aliphatic heterocycles. The van der Waals surface area contributed by atoms with Gasteiger partial charge in [-0.15, -0.1) is 0 Å². The maximum Gasteiger partial charge on any atom is 0.262 e. The largest absolute Gasteiger partial charge is 0.493 e. The molecule has 0 aliphatic carbocycles. The Morgan fingerprint density at radius 3 is 2.48 bits per heavy atom. The van der Waals surface area contributed by atoms with E-state index in [2.05, 4.69) is 14.5 Å². The summed E-state index contributed by atoms with van der Waals surface area (Å²) in [6, 6.07) is 17.0. The van der Waals surface area contributed by atoms with Gasteiger partial charge in [0.1, 0.15) is 0 Å². The molecule has 1 atom stereocenters. The zero-order valence-corrected chi connectivity index (χ0v) is 19.8. The summed E-state index contributed by atoms with van der Waals surface area (Å²) in [6.07, 6.45) is 2.49. The van der Waals surface area contributed by atoms with Gasteiger partial charge >= 0.3 is 0 Å². The van der Waals surface area contributed by atoms with Gasteiger partial charge < -0.3 is 14.4 Å². The lowest BCUT2D eigenvalue weighted by Gasteiger charge is -2.39. The molecule has 0 amide bonds. The predicted octanol–water partition coefficient (Wildman–Crippen LogP) is 3.94. The summed E-state index contributed by atoms with van der Waals surface area (Å²) in [7, 11) is -0.754. The maximum atomic E-state index is 13.4. The predicted molar refractivity (Wildman–Crippen MR) is 131 cm³/mol. The molecule has 33 heavy (non-hydrogen) atoms. The SMILES string of the molecule is COc1ccc(NS(=O)(=O)c2ccc(N3CCN4CCCC4C3)c3ccccc23)cc1OC. The van der Waals surface area contributed by atoms with E-state index < -0.39 is 10.0 Å². The van der Waals surface area contributed by atoms with Crippen molar-refractivity contribution in [1.82, 2.24) is 4.90 Å². The van der Waals surface area contributed by atoms with E-state index in [9.17, 15) is 8.42 Å². The number of ether oxygens (including phenoxy) is 2. The Hall–Kier alpha value is -2.97. The molecule has 0 spiro atoms. The summed E-state index contributed by atoms with van der Waals surface area (Å²) in [5.41, 5.74) is 1.51. The van der Waals surface area contributed by atoms with Crippen molar-refractivity contribution in [3.8, 4) is 11.5 Å². The van der Waals surface area contributed by atoms with Gasteiger partial charge in [-0.05, 0) is 43.7 Å². The lowest BCUT2D eigenvalue weighted by atomic mass is 10.1. The normalized spacial score (nSPS) is 18.8. The van der Waals surface area contributed by atoms with E-state index in [1.165, 1.54) is 26.5 Å². The van der Waals surface area contributed by atoms with Gasteiger partial charge in [0.05, 0.1) is 24.8 Å². The molecule has 174 valence electrons. The quantitative estimate of drug-likeness (QED) is 0.592. The summed E-state index contributed by atoms with van der Waals surface area (Å²) in [4.78, 5) is 5.24. The van der Waals surface area contributed by atoms with E-state index in [4.69, 9.17) is 9.47 Å². The molecule has 1 N–H and O–H groups in total. The highest BCUT2D eigenvalue weighted by Crippen LogP contribution is 2.36. The first-order valence-electron chi connectivity index (χ1n) is 11.3. The summed E-state index contributed by atoms with van der Waals surface area (Å²) in [5.74, 6) is 1.00. The van der Waals surface area contributed by atoms with Gasteiger partial charge in [-0.25, -0.2) is 8.42 Å². The van der Waals surface area contributed by atoms with Crippen LogP contribution in [0.1, 0.15) is 12.8 Å². The van der Waals surface area contributed by atoms with Crippen LogP contribution < -0.4 is 19.1 Å². The molecule has 2 aliphatic rings. The molecule has 2 fully saturated rings. The maximum absolute atomic E-state index is 13.4. The minimum Gasteiger partial charge on any atom is -0.493 e. The number of hydrogen-bond donors (Lipinski definition) is 1. The van der Waals surface area contributed by atoms with Crippen molar-refractivity contribution in [3.63, 3.8) is 0 Å². The average Bonchev–Trinajstić information content (AvgIpc) is 3.31. The zero-order valence-electron chi connectivity index (χ0n) is 19.0. The number of methoxy groups -OCH3 is 2. The smallest absolute Gasteiger partial charge is 0.262 e. The fraction of sp³-hybridized carbons (Fsp3) is 0.360. The van der Waals surface area contributed by atoms with E-state index in [-0.39, 0.29) is 4.90 Å². The second kappa shape index (κ2) is 8.76. The van der Waals surface area contributed by atoms with Gasteiger partial charge in [0.15, 0.2) is 11.5 Å². The highest BCUT2D eigenvalue weighted by Gasteiger charge is 2.31. The topological polar surface area (TPSA) is 71.1 Å². The highest BCUT2D eigenvalue weighted by molar-refractivity contribution is 7.93. The number of rotatable bonds is 6. The Balaban J connectivity index is 1.49. The Labute approximate surface area is 195 Å². The highest BCUT2D eigenvalue weighted by atomic mass is 32.2. The Morgan fingerprint density at radius 2 is 1.70 bits per heavy atom. The number of benzene rings is 3. The first-order valence-corrected chi connectivity index (χ1v) is 12.7. The third-order valence-corrected chi connectivity index (χ3v) is 8.15. The molecule has 2 saturated heterocycles. The number of fused-ring (bicyclic) bond motifs is 2. The Bertz CT molecular complexity index is 1280. The molecule has 0 bridgehead atoms. The molecular formula is C25H29N3O4S. The van der Waals surface area contributed by atoms with E-state index in [1.54, 1.807) is 31.4 Å². The standard InChI is InChI=1S/C25H29N3O4S/c1-31-23-11-9-18(16-24(23)32-2)26-33(29,30)25-12-10-22(20-7-3-4-8-21(20)25)28-15-14-27-13-5-6-19(27)17-28/h3-4,7-12,16,19,26H,5-6,13-15,17H2,1-2H3. The van der Waals surface area contributed by atoms with Gasteiger partial charge in [0.2, 0.25) is 0 Å². The third kappa shape index (κ3) is 4.09. The fourth-order valence-corrected chi connectivity index (χ4v) is 6.35. The monoisotopic (exact) mass is 467 g/mol. The number of nitrogens with zero attached hydrogens (tertiary/aromatic N) is 2. The molecule has 5 rings (SSSR count). The van der Waals surface area contributed by atoms with Crippen LogP contribution in [-0.2, 0) is 10.0 Å². The van der Waals surface area contributed by atoms with E-state index in [0.717, 1.165) is 36.1 Å². The third-order valence-electron chi connectivity index (χ3n) is 6.71. The molecule has 3 aromatic carbocycles. The Kier molecular flexibility index (Phi) is 5.80. The van der Waals surface area contributed by atoms with Crippen LogP contribution in [0.25, 0.3) is 10.8 Å². The van der Waals surface area contributed by atoms with Crippen LogP contribution in [0.5, 0.6) is 11.5 Å². The lowest BCUT2D eigenvalue weighted by Crippen LogP contribution is -2.50. The number of piperazine rings is 1. The number of nitrogens with one attached hydrogen (secondary N) is 1. The molecule has 3 aromatic rings. The van der Waals surface area contributed by atoms with Crippen LogP contribution in [0.4, 0.5) is 11.4 Å². The first-order chi connectivity index (χ1) is 16.0. The van der Waals surface area contributed by atoms with Crippen LogP contribution >= 0.6 is 0 Å². The van der Waals surface area contributed by atoms with Gasteiger partial charge in [-0.1, -0.05) is 24.3 Å². The van der Waals surface area contributed by atoms with Crippen molar-refractivity contribution in [1.29, 1.82) is 0 Å². The van der Waals surface area contributed by atoms with Crippen molar-refractivity contribution >= 4 is 32.2 Å². The van der Waals surface area contributed by atoms with Gasteiger partial charge in [0.25, 0.3) is 10.0 Å². The van der Waals surface area contributed by atoms with Crippen LogP contribution in [0.2, 0.25) is 0 Å². The lowest BCUT2D eigenvalue weighted by molar-refractivity contribution is 0.231. The second-order valence-electron chi connectivity index (χ2n) is 8.58. The van der Waals surface area contributed by atoms with E-state index >= 15 is 0 Å². The summed E-state index contributed by atoms with van der Waals surface area (Å²) >= 11 is 0. The minimum absolute atomic E-state index is 0.260. The van der Waals surface area contributed by atoms with Crippen molar-refractivity contribution in [2.45, 2.75) is 23.8 Å². The van der Waals surface area contributed by atoms with E-state index in [0.29, 0.717) is 23.2 Å². The summed E-state index contributed by atoms with van der Waals surface area (Å²) in [5, 5.41) is 1.68. The van der Waals surface area contributed by atoms with E-state index in [1.807, 2.05) is 30.3 Å². The molecule has 0 aromatic heterocycles. The number of sulfonamides is 1. The van der Waals surface area contributed by atoms with Crippen LogP contribution in [-0.4, -0.2) is 59.8 Å². The summed E-state index contributed by atoms with van der Waals surface area (Å²) in [6.45, 7) is 4.19. The molecular weight excluding hydrogens is 438 g/mol. The number of hydrogen-bond acceptors (Lipinski definition) is 6. The minimum atomic E-state index is -3.82. The van der Waals surface area contributed by atoms with Crippen molar-refractivity contribution in [3.05, 3.63) is 54.6 Å².